The van der Waals surface area contributed by atoms with E-state index in [0.717, 1.165) is 38.5 Å². The summed E-state index contributed by atoms with van der Waals surface area (Å²) in [4.78, 5) is 2.24. The Kier molecular flexibility index (Phi) is 5.07. The minimum absolute atomic E-state index is 0.374. The number of nitrogens with zero attached hydrogens (tertiary/aromatic N) is 5. The molecule has 1 fully saturated rings. The van der Waals surface area contributed by atoms with E-state index in [2.05, 4.69) is 34.4 Å². The molecule has 0 bridgehead atoms. The summed E-state index contributed by atoms with van der Waals surface area (Å²) in [5.41, 5.74) is 0. The molecule has 1 aliphatic rings. The van der Waals surface area contributed by atoms with E-state index in [-0.39, 0.29) is 0 Å². The fraction of sp³-hybridized carbons (Fsp3) is 0.917. The molecule has 0 N–H and O–H groups in total. The standard InChI is InChI=1S/C12H23N5O/c1-3-7-17-12(13-14-15-17)10-16(2)9-11-6-4-5-8-18-11/h11H,3-10H2,1-2H3. The van der Waals surface area contributed by atoms with Crippen molar-refractivity contribution in [2.24, 2.45) is 0 Å². The highest BCUT2D eigenvalue weighted by Gasteiger charge is 2.17. The predicted molar refractivity (Wildman–Crippen MR) is 68.0 cm³/mol. The maximum atomic E-state index is 5.75. The van der Waals surface area contributed by atoms with Crippen molar-refractivity contribution >= 4 is 0 Å². The average molecular weight is 253 g/mol. The van der Waals surface area contributed by atoms with Gasteiger partial charge in [0, 0.05) is 19.7 Å². The normalized spacial score (nSPS) is 20.5. The first-order valence-corrected chi connectivity index (χ1v) is 6.84. The van der Waals surface area contributed by atoms with Crippen molar-refractivity contribution in [3.63, 3.8) is 0 Å². The topological polar surface area (TPSA) is 56.1 Å². The van der Waals surface area contributed by atoms with Gasteiger partial charge in [0.2, 0.25) is 0 Å². The van der Waals surface area contributed by atoms with Crippen molar-refractivity contribution in [2.45, 2.75) is 51.8 Å². The summed E-state index contributed by atoms with van der Waals surface area (Å²) in [6.45, 7) is 5.67. The zero-order valence-electron chi connectivity index (χ0n) is 11.4. The van der Waals surface area contributed by atoms with E-state index in [1.165, 1.54) is 19.3 Å². The molecule has 102 valence electrons. The predicted octanol–water partition coefficient (Wildman–Crippen LogP) is 1.08. The van der Waals surface area contributed by atoms with Gasteiger partial charge in [-0.3, -0.25) is 4.90 Å². The van der Waals surface area contributed by atoms with Crippen molar-refractivity contribution in [3.8, 4) is 0 Å². The lowest BCUT2D eigenvalue weighted by molar-refractivity contribution is -0.00310. The van der Waals surface area contributed by atoms with Crippen LogP contribution in [-0.2, 0) is 17.8 Å². The van der Waals surface area contributed by atoms with Gasteiger partial charge >= 0.3 is 0 Å². The van der Waals surface area contributed by atoms with Crippen LogP contribution in [0.1, 0.15) is 38.4 Å². The van der Waals surface area contributed by atoms with Crippen LogP contribution in [0.25, 0.3) is 0 Å². The molecule has 2 heterocycles. The van der Waals surface area contributed by atoms with Gasteiger partial charge in [-0.1, -0.05) is 6.92 Å². The minimum atomic E-state index is 0.374. The van der Waals surface area contributed by atoms with Crippen molar-refractivity contribution < 1.29 is 4.74 Å². The van der Waals surface area contributed by atoms with Crippen LogP contribution < -0.4 is 0 Å². The first-order chi connectivity index (χ1) is 8.79. The highest BCUT2D eigenvalue weighted by atomic mass is 16.5. The monoisotopic (exact) mass is 253 g/mol. The average Bonchev–Trinajstić information content (AvgIpc) is 2.78. The summed E-state index contributed by atoms with van der Waals surface area (Å²) in [7, 11) is 2.10. The molecule has 1 saturated heterocycles. The molecule has 0 radical (unpaired) electrons. The lowest BCUT2D eigenvalue weighted by atomic mass is 10.1. The number of hydrogen-bond acceptors (Lipinski definition) is 5. The quantitative estimate of drug-likeness (QED) is 0.759. The summed E-state index contributed by atoms with van der Waals surface area (Å²) in [6, 6.07) is 0. The van der Waals surface area contributed by atoms with Crippen LogP contribution in [-0.4, -0.2) is 51.4 Å². The van der Waals surface area contributed by atoms with E-state index in [0.29, 0.717) is 6.10 Å². The van der Waals surface area contributed by atoms with E-state index in [9.17, 15) is 0 Å². The molecule has 1 aromatic heterocycles. The van der Waals surface area contributed by atoms with Gasteiger partial charge in [0.25, 0.3) is 0 Å². The van der Waals surface area contributed by atoms with Crippen LogP contribution in [0.2, 0.25) is 0 Å². The molecule has 18 heavy (non-hydrogen) atoms. The number of likely N-dealkylation sites (N-methyl/N-ethyl adjacent to an activating group) is 1. The molecular weight excluding hydrogens is 230 g/mol. The molecule has 0 amide bonds. The molecule has 0 spiro atoms. The maximum Gasteiger partial charge on any atom is 0.165 e. The molecule has 0 aliphatic carbocycles. The summed E-state index contributed by atoms with van der Waals surface area (Å²) in [6.07, 6.45) is 5.08. The summed E-state index contributed by atoms with van der Waals surface area (Å²) < 4.78 is 7.63. The Hall–Kier alpha value is -1.01. The van der Waals surface area contributed by atoms with Gasteiger partial charge in [0.05, 0.1) is 12.6 Å². The van der Waals surface area contributed by atoms with Gasteiger partial charge in [0.1, 0.15) is 0 Å². The smallest absolute Gasteiger partial charge is 0.165 e. The summed E-state index contributed by atoms with van der Waals surface area (Å²) in [5.74, 6) is 0.940. The Bertz CT molecular complexity index is 348. The lowest BCUT2D eigenvalue weighted by Crippen LogP contribution is -2.33. The lowest BCUT2D eigenvalue weighted by Gasteiger charge is -2.27. The molecule has 6 heteroatoms. The molecule has 1 aliphatic heterocycles. The van der Waals surface area contributed by atoms with Gasteiger partial charge in [-0.2, -0.15) is 0 Å². The summed E-state index contributed by atoms with van der Waals surface area (Å²) >= 11 is 0. The van der Waals surface area contributed by atoms with E-state index in [1.807, 2.05) is 4.68 Å². The van der Waals surface area contributed by atoms with Gasteiger partial charge < -0.3 is 4.74 Å². The molecule has 2 rings (SSSR count). The Labute approximate surface area is 108 Å². The van der Waals surface area contributed by atoms with Crippen LogP contribution in [0, 0.1) is 0 Å². The zero-order chi connectivity index (χ0) is 12.8. The van der Waals surface area contributed by atoms with Gasteiger partial charge in [-0.15, -0.1) is 5.10 Å². The van der Waals surface area contributed by atoms with Crippen molar-refractivity contribution in [3.05, 3.63) is 5.82 Å². The first kappa shape index (κ1) is 13.4. The highest BCUT2D eigenvalue weighted by Crippen LogP contribution is 2.14. The van der Waals surface area contributed by atoms with Crippen LogP contribution in [0.4, 0.5) is 0 Å². The molecular formula is C12H23N5O. The van der Waals surface area contributed by atoms with Crippen LogP contribution in [0.3, 0.4) is 0 Å². The number of rotatable bonds is 6. The second kappa shape index (κ2) is 6.80. The Morgan fingerprint density at radius 3 is 3.06 bits per heavy atom. The zero-order valence-corrected chi connectivity index (χ0v) is 11.4. The number of ether oxygens (including phenoxy) is 1. The van der Waals surface area contributed by atoms with Crippen molar-refractivity contribution in [2.75, 3.05) is 20.2 Å². The third kappa shape index (κ3) is 3.74. The maximum absolute atomic E-state index is 5.75. The fourth-order valence-electron chi connectivity index (χ4n) is 2.33. The second-order valence-electron chi connectivity index (χ2n) is 5.00. The molecule has 6 nitrogen and oxygen atoms in total. The SMILES string of the molecule is CCCn1nnnc1CN(C)CC1CCCCO1. The van der Waals surface area contributed by atoms with Crippen molar-refractivity contribution in [1.82, 2.24) is 25.1 Å². The Morgan fingerprint density at radius 2 is 2.33 bits per heavy atom. The third-order valence-corrected chi connectivity index (χ3v) is 3.24. The third-order valence-electron chi connectivity index (χ3n) is 3.24. The first-order valence-electron chi connectivity index (χ1n) is 6.84. The molecule has 1 unspecified atom stereocenters. The fourth-order valence-corrected chi connectivity index (χ4v) is 2.33. The van der Waals surface area contributed by atoms with Gasteiger partial charge in [0.15, 0.2) is 5.82 Å². The molecule has 0 aromatic carbocycles. The van der Waals surface area contributed by atoms with E-state index < -0.39 is 0 Å². The largest absolute Gasteiger partial charge is 0.377 e. The van der Waals surface area contributed by atoms with Gasteiger partial charge in [-0.25, -0.2) is 4.68 Å². The number of tetrazole rings is 1. The minimum Gasteiger partial charge on any atom is -0.377 e. The molecule has 0 saturated carbocycles. The van der Waals surface area contributed by atoms with Crippen LogP contribution in [0.5, 0.6) is 0 Å². The van der Waals surface area contributed by atoms with Crippen molar-refractivity contribution in [1.29, 1.82) is 0 Å². The summed E-state index contributed by atoms with van der Waals surface area (Å²) in [5, 5.41) is 11.8. The second-order valence-corrected chi connectivity index (χ2v) is 5.00. The van der Waals surface area contributed by atoms with E-state index in [1.54, 1.807) is 0 Å². The van der Waals surface area contributed by atoms with Crippen LogP contribution >= 0.6 is 0 Å². The number of aromatic nitrogens is 4. The van der Waals surface area contributed by atoms with E-state index in [4.69, 9.17) is 4.74 Å². The Morgan fingerprint density at radius 1 is 1.44 bits per heavy atom. The number of aryl methyl sites for hydroxylation is 1. The highest BCUT2D eigenvalue weighted by molar-refractivity contribution is 4.81. The number of hydrogen-bond donors (Lipinski definition) is 0. The molecule has 1 atom stereocenters. The Balaban J connectivity index is 1.82. The van der Waals surface area contributed by atoms with Gasteiger partial charge in [-0.05, 0) is 43.2 Å². The van der Waals surface area contributed by atoms with E-state index >= 15 is 0 Å². The molecule has 1 aromatic rings. The van der Waals surface area contributed by atoms with Crippen LogP contribution in [0.15, 0.2) is 0 Å².